The van der Waals surface area contributed by atoms with Crippen LogP contribution in [-0.4, -0.2) is 23.0 Å². The zero-order valence-electron chi connectivity index (χ0n) is 13.9. The van der Waals surface area contributed by atoms with Gasteiger partial charge in [0.05, 0.1) is 5.52 Å². The molecule has 4 rings (SSSR count). The number of fused-ring (bicyclic) bond motifs is 1. The average Bonchev–Trinajstić information content (AvgIpc) is 3.19. The molecule has 0 atom stereocenters. The molecule has 1 amide bonds. The second-order valence-electron chi connectivity index (χ2n) is 6.04. The molecular formula is C19H16N2O5. The van der Waals surface area contributed by atoms with Crippen LogP contribution >= 0.6 is 0 Å². The number of anilines is 1. The molecule has 0 unspecified atom stereocenters. The van der Waals surface area contributed by atoms with Crippen molar-refractivity contribution in [1.82, 2.24) is 4.57 Å². The van der Waals surface area contributed by atoms with Crippen LogP contribution in [0, 0.1) is 0 Å². The third-order valence-corrected chi connectivity index (χ3v) is 4.31. The second-order valence-corrected chi connectivity index (χ2v) is 6.04. The van der Waals surface area contributed by atoms with Crippen molar-refractivity contribution >= 4 is 28.7 Å². The topological polar surface area (TPSA) is 81.8 Å². The monoisotopic (exact) mass is 352 g/mol. The SMILES string of the molecule is O=C(Cn1c(=O)oc2ccccc21)Oc1ccc(N2CCCC2=O)cc1. The van der Waals surface area contributed by atoms with E-state index >= 15 is 0 Å². The van der Waals surface area contributed by atoms with Gasteiger partial charge in [-0.3, -0.25) is 9.36 Å². The second kappa shape index (κ2) is 6.51. The summed E-state index contributed by atoms with van der Waals surface area (Å²) in [6.07, 6.45) is 1.41. The van der Waals surface area contributed by atoms with E-state index in [1.807, 2.05) is 0 Å². The van der Waals surface area contributed by atoms with Gasteiger partial charge >= 0.3 is 11.7 Å². The number of carbonyl (C=O) groups is 2. The van der Waals surface area contributed by atoms with Crippen LogP contribution in [0.15, 0.2) is 57.7 Å². The summed E-state index contributed by atoms with van der Waals surface area (Å²) < 4.78 is 11.6. The fraction of sp³-hybridized carbons (Fsp3) is 0.211. The maximum absolute atomic E-state index is 12.2. The molecule has 1 aromatic heterocycles. The van der Waals surface area contributed by atoms with Crippen LogP contribution in [0.25, 0.3) is 11.1 Å². The highest BCUT2D eigenvalue weighted by molar-refractivity contribution is 5.95. The van der Waals surface area contributed by atoms with E-state index in [4.69, 9.17) is 9.15 Å². The maximum Gasteiger partial charge on any atom is 0.420 e. The van der Waals surface area contributed by atoms with Crippen LogP contribution in [-0.2, 0) is 16.1 Å². The number of hydrogen-bond donors (Lipinski definition) is 0. The molecule has 1 aliphatic heterocycles. The summed E-state index contributed by atoms with van der Waals surface area (Å²) in [5.41, 5.74) is 1.74. The number of rotatable bonds is 4. The van der Waals surface area contributed by atoms with E-state index in [1.54, 1.807) is 53.4 Å². The van der Waals surface area contributed by atoms with E-state index in [9.17, 15) is 14.4 Å². The lowest BCUT2D eigenvalue weighted by Crippen LogP contribution is -2.24. The van der Waals surface area contributed by atoms with Crippen LogP contribution < -0.4 is 15.4 Å². The van der Waals surface area contributed by atoms with E-state index in [1.165, 1.54) is 4.57 Å². The molecule has 7 nitrogen and oxygen atoms in total. The Morgan fingerprint density at radius 3 is 2.58 bits per heavy atom. The van der Waals surface area contributed by atoms with Crippen LogP contribution in [0.2, 0.25) is 0 Å². The van der Waals surface area contributed by atoms with Crippen molar-refractivity contribution in [2.75, 3.05) is 11.4 Å². The number of carbonyl (C=O) groups excluding carboxylic acids is 2. The fourth-order valence-corrected chi connectivity index (χ4v) is 3.07. The van der Waals surface area contributed by atoms with Crippen LogP contribution in [0.4, 0.5) is 5.69 Å². The molecule has 3 aromatic rings. The molecule has 1 saturated heterocycles. The minimum Gasteiger partial charge on any atom is -0.425 e. The standard InChI is InChI=1S/C19H16N2O5/c22-17-6-3-11-20(17)13-7-9-14(10-8-13)25-18(23)12-21-15-4-1-2-5-16(15)26-19(21)24/h1-2,4-5,7-10H,3,6,11-12H2. The quantitative estimate of drug-likeness (QED) is 0.532. The summed E-state index contributed by atoms with van der Waals surface area (Å²) in [5, 5.41) is 0. The minimum atomic E-state index is -0.606. The largest absolute Gasteiger partial charge is 0.425 e. The Labute approximate surface area is 148 Å². The molecule has 1 aliphatic rings. The van der Waals surface area contributed by atoms with E-state index in [0.717, 1.165) is 12.1 Å². The summed E-state index contributed by atoms with van der Waals surface area (Å²) >= 11 is 0. The van der Waals surface area contributed by atoms with Gasteiger partial charge in [0, 0.05) is 18.7 Å². The van der Waals surface area contributed by atoms with Gasteiger partial charge in [-0.2, -0.15) is 0 Å². The van der Waals surface area contributed by atoms with Gasteiger partial charge in [-0.1, -0.05) is 12.1 Å². The minimum absolute atomic E-state index is 0.0981. The number of hydrogen-bond acceptors (Lipinski definition) is 5. The summed E-state index contributed by atoms with van der Waals surface area (Å²) in [6.45, 7) is 0.455. The number of benzene rings is 2. The smallest absolute Gasteiger partial charge is 0.420 e. The molecule has 2 aromatic carbocycles. The summed E-state index contributed by atoms with van der Waals surface area (Å²) in [7, 11) is 0. The highest BCUT2D eigenvalue weighted by Gasteiger charge is 2.21. The molecule has 2 heterocycles. The van der Waals surface area contributed by atoms with Gasteiger partial charge < -0.3 is 14.1 Å². The average molecular weight is 352 g/mol. The summed E-state index contributed by atoms with van der Waals surface area (Å²) in [4.78, 5) is 37.5. The van der Waals surface area contributed by atoms with Gasteiger partial charge in [0.15, 0.2) is 5.58 Å². The third kappa shape index (κ3) is 2.99. The predicted octanol–water partition coefficient (Wildman–Crippen LogP) is 2.33. The Morgan fingerprint density at radius 1 is 1.08 bits per heavy atom. The normalized spacial score (nSPS) is 14.2. The van der Waals surface area contributed by atoms with Gasteiger partial charge in [-0.15, -0.1) is 0 Å². The third-order valence-electron chi connectivity index (χ3n) is 4.31. The first-order valence-electron chi connectivity index (χ1n) is 8.31. The van der Waals surface area contributed by atoms with Crippen molar-refractivity contribution in [2.45, 2.75) is 19.4 Å². The first kappa shape index (κ1) is 16.1. The van der Waals surface area contributed by atoms with Crippen molar-refractivity contribution in [3.8, 4) is 5.75 Å². The van der Waals surface area contributed by atoms with Gasteiger partial charge in [0.2, 0.25) is 5.91 Å². The molecule has 7 heteroatoms. The van der Waals surface area contributed by atoms with Crippen molar-refractivity contribution in [3.63, 3.8) is 0 Å². The van der Waals surface area contributed by atoms with E-state index in [0.29, 0.717) is 29.8 Å². The fourth-order valence-electron chi connectivity index (χ4n) is 3.07. The molecule has 0 spiro atoms. The number of nitrogens with zero attached hydrogens (tertiary/aromatic N) is 2. The first-order valence-corrected chi connectivity index (χ1v) is 8.31. The number of oxazole rings is 1. The zero-order chi connectivity index (χ0) is 18.1. The van der Waals surface area contributed by atoms with Gasteiger partial charge in [0.1, 0.15) is 12.3 Å². The zero-order valence-corrected chi connectivity index (χ0v) is 13.9. The number of para-hydroxylation sites is 2. The Morgan fingerprint density at radius 2 is 1.85 bits per heavy atom. The van der Waals surface area contributed by atoms with Gasteiger partial charge in [0.25, 0.3) is 0 Å². The molecule has 1 fully saturated rings. The lowest BCUT2D eigenvalue weighted by Gasteiger charge is -2.15. The lowest BCUT2D eigenvalue weighted by molar-refractivity contribution is -0.135. The molecular weight excluding hydrogens is 336 g/mol. The molecule has 0 saturated carbocycles. The number of aromatic nitrogens is 1. The molecule has 0 N–H and O–H groups in total. The molecule has 0 bridgehead atoms. The first-order chi connectivity index (χ1) is 12.6. The highest BCUT2D eigenvalue weighted by atomic mass is 16.5. The van der Waals surface area contributed by atoms with Crippen molar-refractivity contribution in [2.24, 2.45) is 0 Å². The summed E-state index contributed by atoms with van der Waals surface area (Å²) in [5.74, 6) is -0.734. The molecule has 0 radical (unpaired) electrons. The van der Waals surface area contributed by atoms with Crippen LogP contribution in [0.1, 0.15) is 12.8 Å². The van der Waals surface area contributed by atoms with Crippen molar-refractivity contribution in [3.05, 3.63) is 59.1 Å². The molecule has 26 heavy (non-hydrogen) atoms. The highest BCUT2D eigenvalue weighted by Crippen LogP contribution is 2.24. The van der Waals surface area contributed by atoms with Gasteiger partial charge in [-0.25, -0.2) is 9.59 Å². The molecule has 0 aliphatic carbocycles. The van der Waals surface area contributed by atoms with Crippen molar-refractivity contribution < 1.29 is 18.7 Å². The lowest BCUT2D eigenvalue weighted by atomic mass is 10.3. The Hall–Kier alpha value is -3.35. The predicted molar refractivity (Wildman–Crippen MR) is 94.1 cm³/mol. The van der Waals surface area contributed by atoms with E-state index < -0.39 is 11.7 Å². The number of amides is 1. The van der Waals surface area contributed by atoms with E-state index in [-0.39, 0.29) is 12.5 Å². The van der Waals surface area contributed by atoms with Crippen molar-refractivity contribution in [1.29, 1.82) is 0 Å². The molecule has 132 valence electrons. The van der Waals surface area contributed by atoms with Gasteiger partial charge in [-0.05, 0) is 42.8 Å². The van der Waals surface area contributed by atoms with Crippen LogP contribution in [0.3, 0.4) is 0 Å². The van der Waals surface area contributed by atoms with Crippen LogP contribution in [0.5, 0.6) is 5.75 Å². The number of esters is 1. The Balaban J connectivity index is 1.47. The Kier molecular flexibility index (Phi) is 4.04. The number of ether oxygens (including phenoxy) is 1. The summed E-state index contributed by atoms with van der Waals surface area (Å²) in [6, 6.07) is 13.6. The Bertz CT molecular complexity index is 1030. The van der Waals surface area contributed by atoms with E-state index in [2.05, 4.69) is 0 Å². The maximum atomic E-state index is 12.2.